The lowest BCUT2D eigenvalue weighted by Gasteiger charge is -2.03. The maximum absolute atomic E-state index is 5.53. The molecule has 0 saturated carbocycles. The molecule has 2 aromatic heterocycles. The van der Waals surface area contributed by atoms with Gasteiger partial charge in [0.25, 0.3) is 0 Å². The maximum atomic E-state index is 5.53. The van der Waals surface area contributed by atoms with E-state index in [1.54, 1.807) is 18.7 Å². The van der Waals surface area contributed by atoms with E-state index in [4.69, 9.17) is 4.74 Å². The highest BCUT2D eigenvalue weighted by molar-refractivity contribution is 5.11. The van der Waals surface area contributed by atoms with Gasteiger partial charge >= 0.3 is 0 Å². The van der Waals surface area contributed by atoms with Crippen LogP contribution < -0.4 is 4.74 Å². The van der Waals surface area contributed by atoms with Crippen LogP contribution in [0.4, 0.5) is 0 Å². The Balaban J connectivity index is 1.78. The molecule has 0 radical (unpaired) electrons. The molecule has 80 valence electrons. The molecule has 0 aliphatic heterocycles. The zero-order chi connectivity index (χ0) is 10.5. The largest absolute Gasteiger partial charge is 0.488 e. The summed E-state index contributed by atoms with van der Waals surface area (Å²) in [6, 6.07) is 0. The Hall–Kier alpha value is -1.78. The molecular weight excluding hydrogens is 192 g/mol. The molecule has 0 aromatic carbocycles. The molecule has 2 rings (SSSR count). The quantitative estimate of drug-likeness (QED) is 0.737. The van der Waals surface area contributed by atoms with Gasteiger partial charge in [-0.15, -0.1) is 0 Å². The SMILES string of the molecule is CCn1cc(OCCn2ccnc2)cn1. The summed E-state index contributed by atoms with van der Waals surface area (Å²) >= 11 is 0. The maximum Gasteiger partial charge on any atom is 0.157 e. The second-order valence-corrected chi connectivity index (χ2v) is 3.18. The fourth-order valence-electron chi connectivity index (χ4n) is 1.28. The van der Waals surface area contributed by atoms with Crippen molar-refractivity contribution in [1.29, 1.82) is 0 Å². The average Bonchev–Trinajstić information content (AvgIpc) is 2.88. The monoisotopic (exact) mass is 206 g/mol. The van der Waals surface area contributed by atoms with Gasteiger partial charge in [-0.05, 0) is 6.92 Å². The van der Waals surface area contributed by atoms with Crippen molar-refractivity contribution < 1.29 is 4.74 Å². The number of hydrogen-bond donors (Lipinski definition) is 0. The van der Waals surface area contributed by atoms with Crippen LogP contribution in [0, 0.1) is 0 Å². The third-order valence-corrected chi connectivity index (χ3v) is 2.11. The highest BCUT2D eigenvalue weighted by atomic mass is 16.5. The standard InChI is InChI=1S/C10H14N4O/c1-2-14-8-10(7-12-14)15-6-5-13-4-3-11-9-13/h3-4,7-9H,2,5-6H2,1H3. The van der Waals surface area contributed by atoms with E-state index in [2.05, 4.69) is 10.1 Å². The van der Waals surface area contributed by atoms with Crippen molar-refractivity contribution in [3.05, 3.63) is 31.1 Å². The molecule has 2 aromatic rings. The smallest absolute Gasteiger partial charge is 0.157 e. The first-order chi connectivity index (χ1) is 7.38. The minimum Gasteiger partial charge on any atom is -0.488 e. The van der Waals surface area contributed by atoms with E-state index in [1.165, 1.54) is 0 Å². The fraction of sp³-hybridized carbons (Fsp3) is 0.400. The second kappa shape index (κ2) is 4.63. The highest BCUT2D eigenvalue weighted by Crippen LogP contribution is 2.07. The van der Waals surface area contributed by atoms with E-state index in [0.717, 1.165) is 18.8 Å². The van der Waals surface area contributed by atoms with Gasteiger partial charge in [-0.3, -0.25) is 4.68 Å². The zero-order valence-corrected chi connectivity index (χ0v) is 8.71. The number of rotatable bonds is 5. The predicted octanol–water partition coefficient (Wildman–Crippen LogP) is 1.18. The molecule has 15 heavy (non-hydrogen) atoms. The molecular formula is C10H14N4O. The summed E-state index contributed by atoms with van der Waals surface area (Å²) in [5.74, 6) is 0.817. The second-order valence-electron chi connectivity index (χ2n) is 3.18. The van der Waals surface area contributed by atoms with Crippen molar-refractivity contribution in [3.8, 4) is 5.75 Å². The molecule has 0 spiro atoms. The summed E-state index contributed by atoms with van der Waals surface area (Å²) in [6.45, 7) is 4.34. The van der Waals surface area contributed by atoms with Crippen LogP contribution in [0.2, 0.25) is 0 Å². The first-order valence-corrected chi connectivity index (χ1v) is 4.99. The van der Waals surface area contributed by atoms with Gasteiger partial charge in [-0.25, -0.2) is 4.98 Å². The Morgan fingerprint density at radius 3 is 3.07 bits per heavy atom. The van der Waals surface area contributed by atoms with Gasteiger partial charge < -0.3 is 9.30 Å². The molecule has 0 unspecified atom stereocenters. The van der Waals surface area contributed by atoms with E-state index in [-0.39, 0.29) is 0 Å². The van der Waals surface area contributed by atoms with Gasteiger partial charge in [0.05, 0.1) is 25.3 Å². The van der Waals surface area contributed by atoms with Crippen molar-refractivity contribution in [3.63, 3.8) is 0 Å². The molecule has 0 amide bonds. The van der Waals surface area contributed by atoms with Crippen LogP contribution in [0.5, 0.6) is 5.75 Å². The third-order valence-electron chi connectivity index (χ3n) is 2.11. The molecule has 0 bridgehead atoms. The third kappa shape index (κ3) is 2.59. The first-order valence-electron chi connectivity index (χ1n) is 4.99. The number of hydrogen-bond acceptors (Lipinski definition) is 3. The van der Waals surface area contributed by atoms with E-state index < -0.39 is 0 Å². The van der Waals surface area contributed by atoms with Crippen LogP contribution >= 0.6 is 0 Å². The van der Waals surface area contributed by atoms with Crippen LogP contribution in [-0.4, -0.2) is 25.9 Å². The Bertz CT molecular complexity index is 393. The molecule has 5 nitrogen and oxygen atoms in total. The number of aromatic nitrogens is 4. The van der Waals surface area contributed by atoms with Crippen LogP contribution in [0.1, 0.15) is 6.92 Å². The number of ether oxygens (including phenoxy) is 1. The summed E-state index contributed by atoms with van der Waals surface area (Å²) in [5.41, 5.74) is 0. The van der Waals surface area contributed by atoms with Crippen molar-refractivity contribution in [2.24, 2.45) is 0 Å². The lowest BCUT2D eigenvalue weighted by atomic mass is 10.6. The zero-order valence-electron chi connectivity index (χ0n) is 8.71. The van der Waals surface area contributed by atoms with E-state index in [9.17, 15) is 0 Å². The lowest BCUT2D eigenvalue weighted by molar-refractivity contribution is 0.298. The van der Waals surface area contributed by atoms with Crippen molar-refractivity contribution in [1.82, 2.24) is 19.3 Å². The summed E-state index contributed by atoms with van der Waals surface area (Å²) in [4.78, 5) is 3.96. The highest BCUT2D eigenvalue weighted by Gasteiger charge is 1.97. The topological polar surface area (TPSA) is 44.9 Å². The Labute approximate surface area is 88.3 Å². The summed E-state index contributed by atoms with van der Waals surface area (Å²) in [5, 5.41) is 4.12. The fourth-order valence-corrected chi connectivity index (χ4v) is 1.28. The normalized spacial score (nSPS) is 10.5. The average molecular weight is 206 g/mol. The Kier molecular flexibility index (Phi) is 3.02. The molecule has 0 saturated heterocycles. The Morgan fingerprint density at radius 2 is 2.40 bits per heavy atom. The summed E-state index contributed by atoms with van der Waals surface area (Å²) < 4.78 is 9.35. The lowest BCUT2D eigenvalue weighted by Crippen LogP contribution is -2.05. The predicted molar refractivity (Wildman–Crippen MR) is 55.6 cm³/mol. The number of aryl methyl sites for hydroxylation is 1. The Morgan fingerprint density at radius 1 is 1.47 bits per heavy atom. The van der Waals surface area contributed by atoms with Crippen LogP contribution in [-0.2, 0) is 13.1 Å². The van der Waals surface area contributed by atoms with Crippen molar-refractivity contribution in [2.45, 2.75) is 20.0 Å². The number of imidazole rings is 1. The van der Waals surface area contributed by atoms with Crippen molar-refractivity contribution >= 4 is 0 Å². The van der Waals surface area contributed by atoms with Gasteiger partial charge in [0.1, 0.15) is 6.61 Å². The van der Waals surface area contributed by atoms with E-state index >= 15 is 0 Å². The minimum absolute atomic E-state index is 0.631. The van der Waals surface area contributed by atoms with Gasteiger partial charge in [-0.1, -0.05) is 0 Å². The van der Waals surface area contributed by atoms with Crippen LogP contribution in [0.3, 0.4) is 0 Å². The summed E-state index contributed by atoms with van der Waals surface area (Å²) in [7, 11) is 0. The molecule has 0 N–H and O–H groups in total. The summed E-state index contributed by atoms with van der Waals surface area (Å²) in [6.07, 6.45) is 9.08. The van der Waals surface area contributed by atoms with E-state index in [0.29, 0.717) is 6.61 Å². The van der Waals surface area contributed by atoms with Crippen molar-refractivity contribution in [2.75, 3.05) is 6.61 Å². The molecule has 0 fully saturated rings. The molecule has 0 atom stereocenters. The van der Waals surface area contributed by atoms with Gasteiger partial charge in [-0.2, -0.15) is 5.10 Å². The number of nitrogens with zero attached hydrogens (tertiary/aromatic N) is 4. The molecule has 0 aliphatic carbocycles. The minimum atomic E-state index is 0.631. The first kappa shape index (κ1) is 9.76. The van der Waals surface area contributed by atoms with Crippen LogP contribution in [0.15, 0.2) is 31.1 Å². The van der Waals surface area contributed by atoms with Gasteiger partial charge in [0, 0.05) is 18.9 Å². The van der Waals surface area contributed by atoms with Crippen LogP contribution in [0.25, 0.3) is 0 Å². The molecule has 2 heterocycles. The molecule has 0 aliphatic rings. The van der Waals surface area contributed by atoms with E-state index in [1.807, 2.05) is 28.6 Å². The van der Waals surface area contributed by atoms with Gasteiger partial charge in [0.2, 0.25) is 0 Å². The van der Waals surface area contributed by atoms with Gasteiger partial charge in [0.15, 0.2) is 5.75 Å². The molecule has 5 heteroatoms.